The molecule has 104 heavy (non-hydrogen) atoms. The molecule has 7 amide bonds. The minimum atomic E-state index is -4.80. The number of nitrogens with one attached hydrogen (secondary N) is 5. The van der Waals surface area contributed by atoms with E-state index < -0.39 is 41.9 Å². The van der Waals surface area contributed by atoms with E-state index in [9.17, 15) is 65.0 Å². The summed E-state index contributed by atoms with van der Waals surface area (Å²) in [6.07, 6.45) is -9.74. The summed E-state index contributed by atoms with van der Waals surface area (Å²) in [6, 6.07) is 28.6. The Morgan fingerprint density at radius 3 is 1.59 bits per heavy atom. The summed E-state index contributed by atoms with van der Waals surface area (Å²) in [5.41, 5.74) is 2.20. The van der Waals surface area contributed by atoms with Gasteiger partial charge in [0.05, 0.1) is 71.1 Å². The van der Waals surface area contributed by atoms with Crippen molar-refractivity contribution in [1.29, 1.82) is 0 Å². The Morgan fingerprint density at radius 1 is 0.587 bits per heavy atom. The van der Waals surface area contributed by atoms with Crippen molar-refractivity contribution < 1.29 is 103 Å². The number of morpholine rings is 1. The molecule has 2 saturated heterocycles. The number of piperidine rings is 1. The molecule has 5 N–H and O–H groups in total. The number of halogens is 6. The average Bonchev–Trinajstić information content (AvgIpc) is 1.10. The fraction of sp³-hybridized carbons (Fsp3) is 0.371. The third-order valence-electron chi connectivity index (χ3n) is 16.0. The first-order chi connectivity index (χ1) is 49.3. The van der Waals surface area contributed by atoms with Crippen LogP contribution < -0.4 is 60.1 Å². The fourth-order valence-electron chi connectivity index (χ4n) is 11.1. The number of carbonyl (C=O) groups is 7. The zero-order valence-electron chi connectivity index (χ0n) is 57.4. The molecule has 3 aromatic heterocycles. The second kappa shape index (κ2) is 36.3. The van der Waals surface area contributed by atoms with Crippen LogP contribution in [0.25, 0.3) is 10.8 Å². The molecule has 0 radical (unpaired) electrons. The number of thiazole rings is 3. The quantitative estimate of drug-likeness (QED) is 0.0278. The molecule has 34 heteroatoms. The van der Waals surface area contributed by atoms with Gasteiger partial charge in [-0.1, -0.05) is 54.6 Å². The lowest BCUT2D eigenvalue weighted by atomic mass is 9.92. The third-order valence-corrected chi connectivity index (χ3v) is 18.6. The van der Waals surface area contributed by atoms with Gasteiger partial charge in [0, 0.05) is 60.2 Å². The molecule has 10 rings (SSSR count). The van der Waals surface area contributed by atoms with Crippen molar-refractivity contribution >= 4 is 86.3 Å². The predicted molar refractivity (Wildman–Crippen MR) is 369 cm³/mol. The Hall–Kier alpha value is -10.2. The molecule has 8 aromatic rings. The van der Waals surface area contributed by atoms with Crippen molar-refractivity contribution in [1.82, 2.24) is 46.4 Å². The summed E-state index contributed by atoms with van der Waals surface area (Å²) < 4.78 is 108. The molecule has 2 atom stereocenters. The van der Waals surface area contributed by atoms with Gasteiger partial charge in [-0.3, -0.25) is 28.5 Å². The zero-order valence-corrected chi connectivity index (χ0v) is 59.9. The van der Waals surface area contributed by atoms with Crippen molar-refractivity contribution in [2.24, 2.45) is 0 Å². The molecule has 2 aliphatic heterocycles. The molecule has 0 aliphatic carbocycles. The Labute approximate surface area is 605 Å². The van der Waals surface area contributed by atoms with E-state index in [1.807, 2.05) is 89.2 Å². The van der Waals surface area contributed by atoms with Gasteiger partial charge in [-0.25, -0.2) is 19.7 Å². The highest BCUT2D eigenvalue weighted by Gasteiger charge is 2.50. The predicted octanol–water partition coefficient (Wildman–Crippen LogP) is 9.68. The molecule has 0 bridgehead atoms. The maximum absolute atomic E-state index is 13.6. The Balaban J connectivity index is 0.000000198. The van der Waals surface area contributed by atoms with Crippen LogP contribution in [0.3, 0.4) is 0 Å². The Bertz CT molecular complexity index is 4230. The molecule has 2 aliphatic rings. The first kappa shape index (κ1) is 79.5. The third kappa shape index (κ3) is 24.0. The number of hydrogen-bond acceptors (Lipinski definition) is 21. The summed E-state index contributed by atoms with van der Waals surface area (Å²) in [6.45, 7) is 11.6. The van der Waals surface area contributed by atoms with Crippen LogP contribution in [0.1, 0.15) is 105 Å². The van der Waals surface area contributed by atoms with Crippen molar-refractivity contribution in [3.8, 4) is 34.5 Å². The fourth-order valence-corrected chi connectivity index (χ4v) is 13.2. The zero-order chi connectivity index (χ0) is 75.4. The number of fused-ring (bicyclic) bond motifs is 1. The molecule has 5 aromatic carbocycles. The van der Waals surface area contributed by atoms with Crippen LogP contribution in [-0.4, -0.2) is 156 Å². The number of para-hydroxylation sites is 1. The SMILES string of the molecule is CC(C)(C)[N+]1(C(=O)c2csc(CNC(=O)COc3ccc(OC(F)(F)F)cc3)n2)CCC(NC(=O)[O-])CC1.COc1cccc(CNC(=O)c2csc(CNC(=O)Cc3ccc4ccccc4c3)n2)c1OC.C[C@@H]1CN(C(=O)c2csc(CNC(=O)COc3ccc(OC(F)(F)F)cc3)n2)C[C@H](C)O1. The van der Waals surface area contributed by atoms with Gasteiger partial charge >= 0.3 is 18.6 Å². The number of amides is 7. The summed E-state index contributed by atoms with van der Waals surface area (Å²) >= 11 is 3.81. The lowest BCUT2D eigenvalue weighted by Gasteiger charge is -2.49. The number of ether oxygens (including phenoxy) is 7. The summed E-state index contributed by atoms with van der Waals surface area (Å²) in [7, 11) is 3.13. The lowest BCUT2D eigenvalue weighted by Crippen LogP contribution is -2.68. The van der Waals surface area contributed by atoms with Crippen molar-refractivity contribution in [3.05, 3.63) is 169 Å². The number of methoxy groups -OCH3 is 2. The van der Waals surface area contributed by atoms with E-state index in [-0.39, 0.29) is 115 Å². The van der Waals surface area contributed by atoms with E-state index in [1.54, 1.807) is 41.3 Å². The molecule has 556 valence electrons. The standard InChI is InChI=1S/C26H25N3O4S.C24H29F3N4O6S.C20H22F3N3O5S/c1-32-22-9-5-8-20(25(22)33-2)14-28-26(31)21-16-34-24(29-21)15-27-23(30)13-17-10-11-18-6-3-4-7-19(18)12-17;1-23(2,3)31(10-8-15(9-11-31)29-22(34)35)21(33)18-14-38-20(30-18)12-28-19(32)13-36-16-4-6-17(7-5-16)37-24(25,26)27;1-12-8-26(9-13(2)30-12)19(28)16-11-32-18(25-16)7-24-17(27)10-29-14-3-5-15(6-4-14)31-20(21,22)23/h3-12,16H,13-15H2,1-2H3,(H,27,30)(H,28,31);4-7,14-15,29H,8-13H2,1-3H3,(H-,28,32,34,35);3-6,11-13H,7-10H2,1-2H3,(H,24,27)/t;;12-,13+. The van der Waals surface area contributed by atoms with Crippen LogP contribution in [0.5, 0.6) is 34.5 Å². The van der Waals surface area contributed by atoms with Crippen LogP contribution in [-0.2, 0) is 51.7 Å². The van der Waals surface area contributed by atoms with Crippen molar-refractivity contribution in [3.63, 3.8) is 0 Å². The maximum Gasteiger partial charge on any atom is 0.573 e. The number of alkyl halides is 6. The molecular weight excluding hydrogens is 1430 g/mol. The maximum atomic E-state index is 13.6. The molecule has 0 spiro atoms. The van der Waals surface area contributed by atoms with Crippen LogP contribution in [0, 0.1) is 0 Å². The molecule has 25 nitrogen and oxygen atoms in total. The molecule has 0 unspecified atom stereocenters. The number of aromatic nitrogens is 3. The monoisotopic (exact) mass is 1510 g/mol. The Morgan fingerprint density at radius 2 is 1.08 bits per heavy atom. The number of quaternary nitrogens is 1. The highest BCUT2D eigenvalue weighted by molar-refractivity contribution is 7.10. The van der Waals surface area contributed by atoms with Crippen LogP contribution in [0.15, 0.2) is 125 Å². The average molecular weight is 1510 g/mol. The number of likely N-dealkylation sites (tertiary alicyclic amines) is 1. The van der Waals surface area contributed by atoms with E-state index in [0.29, 0.717) is 76.9 Å². The summed E-state index contributed by atoms with van der Waals surface area (Å²) in [5, 5.41) is 33.2. The van der Waals surface area contributed by atoms with E-state index in [2.05, 4.69) is 51.0 Å². The highest BCUT2D eigenvalue weighted by atomic mass is 32.1. The number of carbonyl (C=O) groups excluding carboxylic acids is 7. The van der Waals surface area contributed by atoms with Crippen molar-refractivity contribution in [2.75, 3.05) is 53.6 Å². The van der Waals surface area contributed by atoms with Gasteiger partial charge in [0.25, 0.3) is 23.6 Å². The summed E-state index contributed by atoms with van der Waals surface area (Å²) in [4.78, 5) is 101. The minimum absolute atomic E-state index is 0.0477. The normalized spacial score (nSPS) is 16.5. The molecule has 5 heterocycles. The number of hydrogen-bond donors (Lipinski definition) is 5. The number of rotatable bonds is 24. The van der Waals surface area contributed by atoms with Gasteiger partial charge in [0.15, 0.2) is 30.4 Å². The second-order valence-corrected chi connectivity index (χ2v) is 27.4. The van der Waals surface area contributed by atoms with Crippen LogP contribution in [0.4, 0.5) is 31.1 Å². The largest absolute Gasteiger partial charge is 0.573 e. The van der Waals surface area contributed by atoms with Gasteiger partial charge in [-0.2, -0.15) is 0 Å². The van der Waals surface area contributed by atoms with E-state index in [1.165, 1.54) is 58.3 Å². The smallest absolute Gasteiger partial charge is 0.530 e. The van der Waals surface area contributed by atoms with E-state index in [0.717, 1.165) is 46.2 Å². The van der Waals surface area contributed by atoms with E-state index >= 15 is 0 Å². The first-order valence-corrected chi connectivity index (χ1v) is 34.9. The van der Waals surface area contributed by atoms with Gasteiger partial charge in [-0.15, -0.1) is 60.4 Å². The van der Waals surface area contributed by atoms with Crippen LogP contribution >= 0.6 is 34.0 Å². The van der Waals surface area contributed by atoms with Gasteiger partial charge in [0.2, 0.25) is 5.91 Å². The second-order valence-electron chi connectivity index (χ2n) is 24.6. The lowest BCUT2D eigenvalue weighted by molar-refractivity contribution is -0.900. The molecule has 0 saturated carbocycles. The van der Waals surface area contributed by atoms with Gasteiger partial charge in [-0.05, 0) is 106 Å². The Kier molecular flexibility index (Phi) is 27.8. The number of benzene rings is 5. The number of nitrogens with zero attached hydrogens (tertiary/aromatic N) is 5. The summed E-state index contributed by atoms with van der Waals surface area (Å²) in [5.74, 6) is -0.871. The first-order valence-electron chi connectivity index (χ1n) is 32.2. The van der Waals surface area contributed by atoms with Crippen molar-refractivity contribution in [2.45, 2.75) is 117 Å². The molecule has 2 fully saturated rings. The number of carboxylic acid groups (broad SMARTS) is 1. The minimum Gasteiger partial charge on any atom is -0.530 e. The van der Waals surface area contributed by atoms with Gasteiger partial charge < -0.3 is 74.5 Å². The van der Waals surface area contributed by atoms with Crippen LogP contribution in [0.2, 0.25) is 0 Å². The molecular formula is C70H76F6N10O15S3. The topological polar surface area (TPSA) is 309 Å². The highest BCUT2D eigenvalue weighted by Crippen LogP contribution is 2.35. The van der Waals surface area contributed by atoms with Gasteiger partial charge in [0.1, 0.15) is 55.5 Å². The van der Waals surface area contributed by atoms with E-state index in [4.69, 9.17) is 23.7 Å².